The molecule has 57 valence electrons. The molecule has 0 bridgehead atoms. The minimum absolute atomic E-state index is 0.354. The van der Waals surface area contributed by atoms with Crippen LogP contribution in [0.1, 0.15) is 10.4 Å². The minimum atomic E-state index is -0.354. The highest BCUT2D eigenvalue weighted by Crippen LogP contribution is 1.97. The van der Waals surface area contributed by atoms with Crippen molar-refractivity contribution < 1.29 is 9.63 Å². The lowest BCUT2D eigenvalue weighted by atomic mass is 10.2. The average Bonchev–Trinajstić information content (AvgIpc) is 2.07. The van der Waals surface area contributed by atoms with Crippen LogP contribution in [-0.4, -0.2) is 13.0 Å². The van der Waals surface area contributed by atoms with Crippen LogP contribution in [0.15, 0.2) is 30.3 Å². The molecular weight excluding hydrogens is 142 g/mol. The van der Waals surface area contributed by atoms with Gasteiger partial charge in [-0.3, -0.25) is 9.63 Å². The van der Waals surface area contributed by atoms with E-state index in [2.05, 4.69) is 10.3 Å². The van der Waals surface area contributed by atoms with Crippen LogP contribution in [0.25, 0.3) is 0 Å². The summed E-state index contributed by atoms with van der Waals surface area (Å²) >= 11 is 0. The molecule has 0 aliphatic rings. The van der Waals surface area contributed by atoms with Gasteiger partial charge in [0.25, 0.3) is 5.91 Å². The number of benzene rings is 1. The Morgan fingerprint density at radius 3 is 2.55 bits per heavy atom. The monoisotopic (exact) mass is 150 g/mol. The standard InChI is InChI=1S/C8H8NO2/c1-11-9-8(10)7-5-3-2-4-6-7/h2-6H,1H3. The maximum Gasteiger partial charge on any atom is 0.299 e. The van der Waals surface area contributed by atoms with Gasteiger partial charge in [-0.2, -0.15) is 0 Å². The fourth-order valence-corrected chi connectivity index (χ4v) is 0.716. The molecule has 1 radical (unpaired) electrons. The number of carbonyl (C=O) groups is 1. The van der Waals surface area contributed by atoms with Crippen molar-refractivity contribution in [1.82, 2.24) is 5.48 Å². The van der Waals surface area contributed by atoms with Crippen LogP contribution in [0.4, 0.5) is 0 Å². The van der Waals surface area contributed by atoms with E-state index in [1.165, 1.54) is 7.11 Å². The molecular formula is C8H8NO2. The van der Waals surface area contributed by atoms with E-state index >= 15 is 0 Å². The first-order valence-electron chi connectivity index (χ1n) is 3.18. The summed E-state index contributed by atoms with van der Waals surface area (Å²) in [5.74, 6) is -0.354. The quantitative estimate of drug-likeness (QED) is 0.590. The second kappa shape index (κ2) is 3.73. The fourth-order valence-electron chi connectivity index (χ4n) is 0.716. The van der Waals surface area contributed by atoms with E-state index in [-0.39, 0.29) is 5.91 Å². The Kier molecular flexibility index (Phi) is 2.63. The fraction of sp³-hybridized carbons (Fsp3) is 0.125. The van der Waals surface area contributed by atoms with Gasteiger partial charge in [-0.1, -0.05) is 23.7 Å². The molecule has 0 atom stereocenters. The van der Waals surface area contributed by atoms with Gasteiger partial charge in [0.15, 0.2) is 0 Å². The van der Waals surface area contributed by atoms with Crippen molar-refractivity contribution in [3.8, 4) is 0 Å². The summed E-state index contributed by atoms with van der Waals surface area (Å²) in [4.78, 5) is 15.3. The number of rotatable bonds is 2. The van der Waals surface area contributed by atoms with Crippen molar-refractivity contribution in [2.24, 2.45) is 0 Å². The van der Waals surface area contributed by atoms with Gasteiger partial charge in [-0.25, -0.2) is 0 Å². The Balaban J connectivity index is 2.69. The molecule has 1 aromatic rings. The molecule has 1 amide bonds. The van der Waals surface area contributed by atoms with Crippen molar-refractivity contribution in [2.45, 2.75) is 0 Å². The molecule has 0 N–H and O–H groups in total. The first kappa shape index (κ1) is 7.75. The van der Waals surface area contributed by atoms with Crippen LogP contribution in [0.2, 0.25) is 0 Å². The van der Waals surface area contributed by atoms with E-state index < -0.39 is 0 Å². The van der Waals surface area contributed by atoms with Crippen LogP contribution in [0.3, 0.4) is 0 Å². The van der Waals surface area contributed by atoms with E-state index in [1.54, 1.807) is 24.3 Å². The van der Waals surface area contributed by atoms with Crippen molar-refractivity contribution in [3.05, 3.63) is 35.9 Å². The third kappa shape index (κ3) is 2.05. The lowest BCUT2D eigenvalue weighted by Gasteiger charge is -1.95. The molecule has 0 saturated carbocycles. The topological polar surface area (TPSA) is 40.4 Å². The van der Waals surface area contributed by atoms with Crippen molar-refractivity contribution in [1.29, 1.82) is 0 Å². The van der Waals surface area contributed by atoms with E-state index in [0.717, 1.165) is 0 Å². The lowest BCUT2D eigenvalue weighted by molar-refractivity contribution is 0.0499. The Morgan fingerprint density at radius 2 is 2.00 bits per heavy atom. The smallest absolute Gasteiger partial charge is 0.265 e. The maximum atomic E-state index is 11.0. The van der Waals surface area contributed by atoms with Crippen molar-refractivity contribution in [3.63, 3.8) is 0 Å². The molecule has 0 aromatic heterocycles. The molecule has 0 aliphatic heterocycles. The van der Waals surface area contributed by atoms with Gasteiger partial charge in [0.2, 0.25) is 0 Å². The van der Waals surface area contributed by atoms with Crippen molar-refractivity contribution in [2.75, 3.05) is 7.11 Å². The lowest BCUT2D eigenvalue weighted by Crippen LogP contribution is -2.13. The highest BCUT2D eigenvalue weighted by molar-refractivity contribution is 5.93. The van der Waals surface area contributed by atoms with Crippen molar-refractivity contribution >= 4 is 5.91 Å². The van der Waals surface area contributed by atoms with Gasteiger partial charge in [0, 0.05) is 5.56 Å². The van der Waals surface area contributed by atoms with Crippen LogP contribution in [0, 0.1) is 0 Å². The van der Waals surface area contributed by atoms with E-state index in [1.807, 2.05) is 6.07 Å². The summed E-state index contributed by atoms with van der Waals surface area (Å²) in [6.45, 7) is 0. The Bertz CT molecular complexity index is 233. The van der Waals surface area contributed by atoms with Crippen LogP contribution in [-0.2, 0) is 4.84 Å². The second-order valence-corrected chi connectivity index (χ2v) is 1.95. The minimum Gasteiger partial charge on any atom is -0.265 e. The number of hydroxylamine groups is 1. The predicted molar refractivity (Wildman–Crippen MR) is 39.9 cm³/mol. The number of carbonyl (C=O) groups excluding carboxylic acids is 1. The van der Waals surface area contributed by atoms with Gasteiger partial charge < -0.3 is 0 Å². The zero-order valence-electron chi connectivity index (χ0n) is 6.15. The molecule has 11 heavy (non-hydrogen) atoms. The van der Waals surface area contributed by atoms with Gasteiger partial charge in [0.05, 0.1) is 7.11 Å². The van der Waals surface area contributed by atoms with Gasteiger partial charge in [-0.15, -0.1) is 0 Å². The third-order valence-corrected chi connectivity index (χ3v) is 1.19. The van der Waals surface area contributed by atoms with Gasteiger partial charge >= 0.3 is 0 Å². The number of hydrogen-bond acceptors (Lipinski definition) is 2. The zero-order chi connectivity index (χ0) is 8.10. The summed E-state index contributed by atoms with van der Waals surface area (Å²) < 4.78 is 0. The Hall–Kier alpha value is -1.35. The normalized spacial score (nSPS) is 9.18. The number of nitrogens with zero attached hydrogens (tertiary/aromatic N) is 1. The van der Waals surface area contributed by atoms with Crippen LogP contribution >= 0.6 is 0 Å². The van der Waals surface area contributed by atoms with E-state index in [0.29, 0.717) is 5.56 Å². The molecule has 0 saturated heterocycles. The molecule has 0 spiro atoms. The largest absolute Gasteiger partial charge is 0.299 e. The Morgan fingerprint density at radius 1 is 1.36 bits per heavy atom. The highest BCUT2D eigenvalue weighted by atomic mass is 16.6. The Labute approximate surface area is 64.9 Å². The predicted octanol–water partition coefficient (Wildman–Crippen LogP) is 0.993. The number of amides is 1. The van der Waals surface area contributed by atoms with Crippen LogP contribution < -0.4 is 5.48 Å². The summed E-state index contributed by atoms with van der Waals surface area (Å²) in [6, 6.07) is 8.76. The van der Waals surface area contributed by atoms with E-state index in [9.17, 15) is 4.79 Å². The first-order valence-corrected chi connectivity index (χ1v) is 3.18. The molecule has 3 heteroatoms. The molecule has 1 aromatic carbocycles. The summed E-state index contributed by atoms with van der Waals surface area (Å²) in [7, 11) is 1.35. The van der Waals surface area contributed by atoms with E-state index in [4.69, 9.17) is 0 Å². The molecule has 1 rings (SSSR count). The SMILES string of the molecule is CO[N]C(=O)c1ccccc1. The molecule has 0 aliphatic carbocycles. The summed E-state index contributed by atoms with van der Waals surface area (Å²) in [5.41, 5.74) is 3.79. The third-order valence-electron chi connectivity index (χ3n) is 1.19. The summed E-state index contributed by atoms with van der Waals surface area (Å²) in [5, 5.41) is 0. The first-order chi connectivity index (χ1) is 5.34. The number of hydrogen-bond donors (Lipinski definition) is 0. The van der Waals surface area contributed by atoms with Gasteiger partial charge in [0.1, 0.15) is 0 Å². The zero-order valence-corrected chi connectivity index (χ0v) is 6.15. The summed E-state index contributed by atoms with van der Waals surface area (Å²) in [6.07, 6.45) is 0. The maximum absolute atomic E-state index is 11.0. The highest BCUT2D eigenvalue weighted by Gasteiger charge is 2.03. The van der Waals surface area contributed by atoms with Crippen LogP contribution in [0.5, 0.6) is 0 Å². The second-order valence-electron chi connectivity index (χ2n) is 1.95. The van der Waals surface area contributed by atoms with Gasteiger partial charge in [-0.05, 0) is 12.1 Å². The molecule has 0 fully saturated rings. The molecule has 0 unspecified atom stereocenters. The molecule has 3 nitrogen and oxygen atoms in total. The average molecular weight is 150 g/mol. The molecule has 0 heterocycles.